The van der Waals surface area contributed by atoms with Gasteiger partial charge >= 0.3 is 0 Å². The van der Waals surface area contributed by atoms with Gasteiger partial charge in [0.1, 0.15) is 16.8 Å². The van der Waals surface area contributed by atoms with E-state index in [-0.39, 0.29) is 12.0 Å². The minimum absolute atomic E-state index is 0.0162. The molecule has 1 fully saturated rings. The first-order valence-corrected chi connectivity index (χ1v) is 7.43. The summed E-state index contributed by atoms with van der Waals surface area (Å²) in [6.45, 7) is 3.08. The first kappa shape index (κ1) is 14.5. The van der Waals surface area contributed by atoms with Gasteiger partial charge in [-0.25, -0.2) is 9.97 Å². The monoisotopic (exact) mass is 283 g/mol. The molecule has 0 saturated heterocycles. The van der Waals surface area contributed by atoms with Crippen LogP contribution in [0.2, 0.25) is 5.15 Å². The number of nitrogens with zero attached hydrogens (tertiary/aromatic N) is 2. The van der Waals surface area contributed by atoms with Crippen LogP contribution in [-0.4, -0.2) is 28.2 Å². The lowest BCUT2D eigenvalue weighted by molar-refractivity contribution is 0.142. The third-order valence-electron chi connectivity index (χ3n) is 3.86. The Morgan fingerprint density at radius 1 is 1.37 bits per heavy atom. The summed E-state index contributed by atoms with van der Waals surface area (Å²) in [5.74, 6) is 1.55. The smallest absolute Gasteiger partial charge is 0.134 e. The second-order valence-corrected chi connectivity index (χ2v) is 5.85. The molecule has 0 atom stereocenters. The Morgan fingerprint density at radius 3 is 2.74 bits per heavy atom. The van der Waals surface area contributed by atoms with E-state index in [0.29, 0.717) is 5.15 Å². The highest BCUT2D eigenvalue weighted by Crippen LogP contribution is 2.37. The molecule has 4 nitrogen and oxygen atoms in total. The standard InChI is InChI=1S/C14H22ClN3O/c1-2-5-12-17-11(15)8-13(18-12)16-9-14(10-19)6-3-4-7-14/h8,19H,2-7,9-10H2,1H3,(H,16,17,18). The van der Waals surface area contributed by atoms with Crippen LogP contribution in [0.15, 0.2) is 6.07 Å². The molecule has 1 aromatic heterocycles. The molecule has 106 valence electrons. The Kier molecular flexibility index (Phi) is 4.99. The normalized spacial score (nSPS) is 17.6. The van der Waals surface area contributed by atoms with Crippen molar-refractivity contribution in [2.75, 3.05) is 18.5 Å². The van der Waals surface area contributed by atoms with Crippen molar-refractivity contribution in [3.8, 4) is 0 Å². The van der Waals surface area contributed by atoms with Crippen LogP contribution in [0.4, 0.5) is 5.82 Å². The number of aryl methyl sites for hydroxylation is 1. The molecule has 2 rings (SSSR count). The van der Waals surface area contributed by atoms with Crippen LogP contribution in [0.25, 0.3) is 0 Å². The van der Waals surface area contributed by atoms with Gasteiger partial charge in [-0.15, -0.1) is 0 Å². The minimum Gasteiger partial charge on any atom is -0.396 e. The molecule has 0 aromatic carbocycles. The molecule has 0 unspecified atom stereocenters. The van der Waals surface area contributed by atoms with Crippen molar-refractivity contribution in [3.63, 3.8) is 0 Å². The van der Waals surface area contributed by atoms with Crippen LogP contribution < -0.4 is 5.32 Å². The number of aromatic nitrogens is 2. The molecule has 2 N–H and O–H groups in total. The van der Waals surface area contributed by atoms with Gasteiger partial charge < -0.3 is 10.4 Å². The van der Waals surface area contributed by atoms with Gasteiger partial charge in [-0.3, -0.25) is 0 Å². The van der Waals surface area contributed by atoms with Crippen molar-refractivity contribution in [2.45, 2.75) is 45.4 Å². The fourth-order valence-corrected chi connectivity index (χ4v) is 2.89. The lowest BCUT2D eigenvalue weighted by Gasteiger charge is -2.26. The van der Waals surface area contributed by atoms with Crippen LogP contribution in [-0.2, 0) is 6.42 Å². The average Bonchev–Trinajstić information content (AvgIpc) is 2.86. The second kappa shape index (κ2) is 6.53. The molecule has 0 amide bonds. The van der Waals surface area contributed by atoms with Gasteiger partial charge in [-0.2, -0.15) is 0 Å². The van der Waals surface area contributed by atoms with Crippen LogP contribution in [0.3, 0.4) is 0 Å². The molecule has 19 heavy (non-hydrogen) atoms. The number of rotatable bonds is 6. The zero-order valence-corrected chi connectivity index (χ0v) is 12.2. The fourth-order valence-electron chi connectivity index (χ4n) is 2.68. The summed E-state index contributed by atoms with van der Waals surface area (Å²) in [6, 6.07) is 1.75. The number of hydrogen-bond acceptors (Lipinski definition) is 4. The number of aliphatic hydroxyl groups excluding tert-OH is 1. The number of aliphatic hydroxyl groups is 1. The molecule has 0 spiro atoms. The molecule has 1 aromatic rings. The highest BCUT2D eigenvalue weighted by molar-refractivity contribution is 6.29. The van der Waals surface area contributed by atoms with Gasteiger partial charge in [-0.1, -0.05) is 31.4 Å². The number of hydrogen-bond donors (Lipinski definition) is 2. The predicted octanol–water partition coefficient (Wildman–Crippen LogP) is 3.05. The lowest BCUT2D eigenvalue weighted by Crippen LogP contribution is -2.30. The van der Waals surface area contributed by atoms with Crippen LogP contribution in [0.1, 0.15) is 44.9 Å². The largest absolute Gasteiger partial charge is 0.396 e. The maximum absolute atomic E-state index is 9.59. The Hall–Kier alpha value is -0.870. The predicted molar refractivity (Wildman–Crippen MR) is 77.5 cm³/mol. The molecule has 0 aliphatic heterocycles. The van der Waals surface area contributed by atoms with Crippen molar-refractivity contribution >= 4 is 17.4 Å². The maximum Gasteiger partial charge on any atom is 0.134 e. The van der Waals surface area contributed by atoms with Gasteiger partial charge in [0, 0.05) is 24.4 Å². The molecule has 1 aliphatic rings. The summed E-state index contributed by atoms with van der Waals surface area (Å²) < 4.78 is 0. The number of halogens is 1. The van der Waals surface area contributed by atoms with Gasteiger partial charge in [-0.05, 0) is 19.3 Å². The summed E-state index contributed by atoms with van der Waals surface area (Å²) >= 11 is 6.01. The molecular weight excluding hydrogens is 262 g/mol. The van der Waals surface area contributed by atoms with E-state index in [1.54, 1.807) is 6.07 Å². The highest BCUT2D eigenvalue weighted by Gasteiger charge is 2.33. The summed E-state index contributed by atoms with van der Waals surface area (Å²) in [5, 5.41) is 13.4. The van der Waals surface area contributed by atoms with Gasteiger partial charge in [0.25, 0.3) is 0 Å². The van der Waals surface area contributed by atoms with Crippen LogP contribution in [0, 0.1) is 5.41 Å². The third-order valence-corrected chi connectivity index (χ3v) is 4.05. The number of nitrogens with one attached hydrogen (secondary N) is 1. The van der Waals surface area contributed by atoms with Crippen molar-refractivity contribution in [2.24, 2.45) is 5.41 Å². The molecule has 0 radical (unpaired) electrons. The van der Waals surface area contributed by atoms with E-state index in [0.717, 1.165) is 43.9 Å². The average molecular weight is 284 g/mol. The van der Waals surface area contributed by atoms with Gasteiger partial charge in [0.15, 0.2) is 0 Å². The fraction of sp³-hybridized carbons (Fsp3) is 0.714. The van der Waals surface area contributed by atoms with E-state index in [4.69, 9.17) is 11.6 Å². The van der Waals surface area contributed by atoms with E-state index < -0.39 is 0 Å². The van der Waals surface area contributed by atoms with E-state index in [1.807, 2.05) is 0 Å². The Balaban J connectivity index is 2.02. The Morgan fingerprint density at radius 2 is 2.11 bits per heavy atom. The van der Waals surface area contributed by atoms with E-state index >= 15 is 0 Å². The van der Waals surface area contributed by atoms with Gasteiger partial charge in [0.2, 0.25) is 0 Å². The van der Waals surface area contributed by atoms with Crippen LogP contribution in [0.5, 0.6) is 0 Å². The molecule has 1 saturated carbocycles. The maximum atomic E-state index is 9.59. The molecule has 1 heterocycles. The number of anilines is 1. The topological polar surface area (TPSA) is 58.0 Å². The lowest BCUT2D eigenvalue weighted by atomic mass is 9.87. The first-order valence-electron chi connectivity index (χ1n) is 7.06. The zero-order chi connectivity index (χ0) is 13.7. The molecular formula is C14H22ClN3O. The molecule has 1 aliphatic carbocycles. The summed E-state index contributed by atoms with van der Waals surface area (Å²) in [7, 11) is 0. The zero-order valence-electron chi connectivity index (χ0n) is 11.5. The quantitative estimate of drug-likeness (QED) is 0.788. The van der Waals surface area contributed by atoms with Crippen LogP contribution >= 0.6 is 11.6 Å². The van der Waals surface area contributed by atoms with Crippen molar-refractivity contribution in [1.82, 2.24) is 9.97 Å². The summed E-state index contributed by atoms with van der Waals surface area (Å²) in [5.41, 5.74) is 0.0162. The minimum atomic E-state index is 0.0162. The summed E-state index contributed by atoms with van der Waals surface area (Å²) in [6.07, 6.45) is 6.40. The second-order valence-electron chi connectivity index (χ2n) is 5.46. The van der Waals surface area contributed by atoms with Crippen molar-refractivity contribution in [3.05, 3.63) is 17.0 Å². The third kappa shape index (κ3) is 3.80. The Bertz CT molecular complexity index is 419. The van der Waals surface area contributed by atoms with Crippen molar-refractivity contribution < 1.29 is 5.11 Å². The van der Waals surface area contributed by atoms with Crippen molar-refractivity contribution in [1.29, 1.82) is 0 Å². The van der Waals surface area contributed by atoms with E-state index in [1.165, 1.54) is 12.8 Å². The molecule has 5 heteroatoms. The first-order chi connectivity index (χ1) is 9.17. The van der Waals surface area contributed by atoms with E-state index in [9.17, 15) is 5.11 Å². The molecule has 0 bridgehead atoms. The highest BCUT2D eigenvalue weighted by atomic mass is 35.5. The van der Waals surface area contributed by atoms with E-state index in [2.05, 4.69) is 22.2 Å². The Labute approximate surface area is 119 Å². The summed E-state index contributed by atoms with van der Waals surface area (Å²) in [4.78, 5) is 8.67. The van der Waals surface area contributed by atoms with Gasteiger partial charge in [0.05, 0.1) is 6.61 Å². The SMILES string of the molecule is CCCc1nc(Cl)cc(NCC2(CO)CCCC2)n1.